The minimum Gasteiger partial charge on any atom is -0.481 e. The molecule has 1 heterocycles. The first-order chi connectivity index (χ1) is 10.1. The van der Waals surface area contributed by atoms with Gasteiger partial charge in [-0.05, 0) is 36.2 Å². The van der Waals surface area contributed by atoms with Crippen LogP contribution in [0.15, 0.2) is 46.9 Å². The lowest BCUT2D eigenvalue weighted by Crippen LogP contribution is -2.02. The molecule has 0 bridgehead atoms. The highest BCUT2D eigenvalue weighted by atomic mass is 16.4. The molecule has 0 spiro atoms. The quantitative estimate of drug-likeness (QED) is 0.766. The van der Waals surface area contributed by atoms with E-state index in [-0.39, 0.29) is 6.42 Å². The van der Waals surface area contributed by atoms with Crippen LogP contribution >= 0.6 is 0 Å². The summed E-state index contributed by atoms with van der Waals surface area (Å²) in [5, 5.41) is 12.0. The second-order valence-electron chi connectivity index (χ2n) is 4.78. The molecule has 2 N–H and O–H groups in total. The SMILES string of the molecule is Cc1c(CC(=O)O)ccc2oc(Nc3ccccc3)nc12. The van der Waals surface area contributed by atoms with Gasteiger partial charge >= 0.3 is 5.97 Å². The topological polar surface area (TPSA) is 75.4 Å². The molecule has 0 radical (unpaired) electrons. The molecule has 0 amide bonds. The number of fused-ring (bicyclic) bond motifs is 1. The molecule has 106 valence electrons. The summed E-state index contributed by atoms with van der Waals surface area (Å²) in [6.45, 7) is 1.86. The lowest BCUT2D eigenvalue weighted by molar-refractivity contribution is -0.136. The zero-order valence-electron chi connectivity index (χ0n) is 11.5. The van der Waals surface area contributed by atoms with Crippen molar-refractivity contribution in [3.05, 3.63) is 53.6 Å². The van der Waals surface area contributed by atoms with Crippen molar-refractivity contribution in [2.24, 2.45) is 0 Å². The van der Waals surface area contributed by atoms with E-state index in [1.807, 2.05) is 37.3 Å². The summed E-state index contributed by atoms with van der Waals surface area (Å²) in [6.07, 6.45) is -0.0178. The first-order valence-corrected chi connectivity index (χ1v) is 6.56. The maximum atomic E-state index is 10.8. The number of aliphatic carboxylic acids is 1. The van der Waals surface area contributed by atoms with Gasteiger partial charge < -0.3 is 14.8 Å². The number of carboxylic acid groups (broad SMARTS) is 1. The molecule has 5 nitrogen and oxygen atoms in total. The highest BCUT2D eigenvalue weighted by molar-refractivity contribution is 5.82. The summed E-state index contributed by atoms with van der Waals surface area (Å²) in [5.74, 6) is -0.858. The number of aryl methyl sites for hydroxylation is 1. The van der Waals surface area contributed by atoms with E-state index in [4.69, 9.17) is 9.52 Å². The Balaban J connectivity index is 1.96. The summed E-state index contributed by atoms with van der Waals surface area (Å²) in [5.41, 5.74) is 3.79. The predicted octanol–water partition coefficient (Wildman–Crippen LogP) is 3.51. The van der Waals surface area contributed by atoms with Gasteiger partial charge in [0.1, 0.15) is 5.52 Å². The van der Waals surface area contributed by atoms with Crippen LogP contribution in [0.2, 0.25) is 0 Å². The standard InChI is InChI=1S/C16H14N2O3/c1-10-11(9-14(19)20)7-8-13-15(10)18-16(21-13)17-12-5-3-2-4-6-12/h2-8H,9H2,1H3,(H,17,18)(H,19,20). The average molecular weight is 282 g/mol. The van der Waals surface area contributed by atoms with Gasteiger partial charge in [0.05, 0.1) is 6.42 Å². The number of anilines is 2. The van der Waals surface area contributed by atoms with Gasteiger partial charge in [0.2, 0.25) is 0 Å². The number of hydrogen-bond donors (Lipinski definition) is 2. The fraction of sp³-hybridized carbons (Fsp3) is 0.125. The Hall–Kier alpha value is -2.82. The third-order valence-electron chi connectivity index (χ3n) is 3.29. The van der Waals surface area contributed by atoms with Crippen LogP contribution in [0.5, 0.6) is 0 Å². The molecule has 0 atom stereocenters. The number of nitrogens with zero attached hydrogens (tertiary/aromatic N) is 1. The van der Waals surface area contributed by atoms with Gasteiger partial charge in [0.15, 0.2) is 5.58 Å². The normalized spacial score (nSPS) is 10.7. The van der Waals surface area contributed by atoms with Crippen molar-refractivity contribution in [2.45, 2.75) is 13.3 Å². The van der Waals surface area contributed by atoms with Gasteiger partial charge in [-0.15, -0.1) is 0 Å². The molecule has 21 heavy (non-hydrogen) atoms. The van der Waals surface area contributed by atoms with Gasteiger partial charge in [-0.25, -0.2) is 0 Å². The minimum absolute atomic E-state index is 0.0178. The Morgan fingerprint density at radius 2 is 2.00 bits per heavy atom. The predicted molar refractivity (Wildman–Crippen MR) is 79.8 cm³/mol. The lowest BCUT2D eigenvalue weighted by atomic mass is 10.0. The smallest absolute Gasteiger partial charge is 0.307 e. The summed E-state index contributed by atoms with van der Waals surface area (Å²) < 4.78 is 5.64. The van der Waals surface area contributed by atoms with E-state index >= 15 is 0 Å². The number of rotatable bonds is 4. The van der Waals surface area contributed by atoms with Gasteiger partial charge in [0, 0.05) is 5.69 Å². The minimum atomic E-state index is -0.858. The zero-order chi connectivity index (χ0) is 14.8. The highest BCUT2D eigenvalue weighted by Crippen LogP contribution is 2.26. The van der Waals surface area contributed by atoms with Crippen LogP contribution in [0.1, 0.15) is 11.1 Å². The van der Waals surface area contributed by atoms with E-state index in [1.54, 1.807) is 12.1 Å². The number of nitrogens with one attached hydrogen (secondary N) is 1. The number of carbonyl (C=O) groups is 1. The van der Waals surface area contributed by atoms with Crippen molar-refractivity contribution >= 4 is 28.8 Å². The fourth-order valence-corrected chi connectivity index (χ4v) is 2.22. The van der Waals surface area contributed by atoms with Crippen LogP contribution in [0.3, 0.4) is 0 Å². The van der Waals surface area contributed by atoms with Gasteiger partial charge in [-0.2, -0.15) is 4.98 Å². The summed E-state index contributed by atoms with van der Waals surface area (Å²) in [6, 6.07) is 13.5. The Morgan fingerprint density at radius 1 is 1.24 bits per heavy atom. The van der Waals surface area contributed by atoms with Gasteiger partial charge in [0.25, 0.3) is 6.01 Å². The molecule has 2 aromatic carbocycles. The van der Waals surface area contributed by atoms with Crippen molar-refractivity contribution in [1.29, 1.82) is 0 Å². The Labute approximate surface area is 121 Å². The van der Waals surface area contributed by atoms with Crippen molar-refractivity contribution in [3.63, 3.8) is 0 Å². The first-order valence-electron chi connectivity index (χ1n) is 6.56. The van der Waals surface area contributed by atoms with E-state index in [2.05, 4.69) is 10.3 Å². The Morgan fingerprint density at radius 3 is 2.71 bits per heavy atom. The summed E-state index contributed by atoms with van der Waals surface area (Å²) in [4.78, 5) is 15.3. The van der Waals surface area contributed by atoms with Crippen LogP contribution in [0.25, 0.3) is 11.1 Å². The maximum Gasteiger partial charge on any atom is 0.307 e. The highest BCUT2D eigenvalue weighted by Gasteiger charge is 2.12. The molecule has 0 saturated heterocycles. The second kappa shape index (κ2) is 5.28. The lowest BCUT2D eigenvalue weighted by Gasteiger charge is -2.01. The number of aromatic nitrogens is 1. The number of hydrogen-bond acceptors (Lipinski definition) is 4. The van der Waals surface area contributed by atoms with E-state index < -0.39 is 5.97 Å². The maximum absolute atomic E-state index is 10.8. The molecule has 0 fully saturated rings. The molecule has 0 aliphatic carbocycles. The fourth-order valence-electron chi connectivity index (χ4n) is 2.22. The number of oxazole rings is 1. The molecule has 3 rings (SSSR count). The number of benzene rings is 2. The third kappa shape index (κ3) is 2.72. The monoisotopic (exact) mass is 282 g/mol. The zero-order valence-corrected chi connectivity index (χ0v) is 11.5. The molecule has 0 aliphatic rings. The van der Waals surface area contributed by atoms with E-state index in [9.17, 15) is 4.79 Å². The van der Waals surface area contributed by atoms with Crippen LogP contribution in [-0.2, 0) is 11.2 Å². The molecule has 1 aromatic heterocycles. The summed E-state index contributed by atoms with van der Waals surface area (Å²) >= 11 is 0. The van der Waals surface area contributed by atoms with Gasteiger partial charge in [-0.3, -0.25) is 4.79 Å². The van der Waals surface area contributed by atoms with Crippen molar-refractivity contribution in [3.8, 4) is 0 Å². The van der Waals surface area contributed by atoms with Crippen molar-refractivity contribution in [1.82, 2.24) is 4.98 Å². The van der Waals surface area contributed by atoms with Crippen LogP contribution in [-0.4, -0.2) is 16.1 Å². The van der Waals surface area contributed by atoms with Crippen molar-refractivity contribution < 1.29 is 14.3 Å². The van der Waals surface area contributed by atoms with Crippen LogP contribution < -0.4 is 5.32 Å². The molecular weight excluding hydrogens is 268 g/mol. The number of carboxylic acids is 1. The van der Waals surface area contributed by atoms with E-state index in [0.29, 0.717) is 17.1 Å². The summed E-state index contributed by atoms with van der Waals surface area (Å²) in [7, 11) is 0. The van der Waals surface area contributed by atoms with Gasteiger partial charge in [-0.1, -0.05) is 24.3 Å². The average Bonchev–Trinajstić information content (AvgIpc) is 2.86. The molecule has 5 heteroatoms. The van der Waals surface area contributed by atoms with Crippen molar-refractivity contribution in [2.75, 3.05) is 5.32 Å². The Kier molecular flexibility index (Phi) is 3.31. The molecule has 0 saturated carbocycles. The molecule has 3 aromatic rings. The third-order valence-corrected chi connectivity index (χ3v) is 3.29. The first kappa shape index (κ1) is 13.2. The second-order valence-corrected chi connectivity index (χ2v) is 4.78. The molecule has 0 aliphatic heterocycles. The van der Waals surface area contributed by atoms with Crippen LogP contribution in [0, 0.1) is 6.92 Å². The van der Waals surface area contributed by atoms with E-state index in [1.165, 1.54) is 0 Å². The Bertz CT molecular complexity index is 794. The van der Waals surface area contributed by atoms with E-state index in [0.717, 1.165) is 16.8 Å². The number of para-hydroxylation sites is 1. The van der Waals surface area contributed by atoms with Crippen LogP contribution in [0.4, 0.5) is 11.7 Å². The largest absolute Gasteiger partial charge is 0.481 e. The molecule has 0 unspecified atom stereocenters. The molecular formula is C16H14N2O3.